The van der Waals surface area contributed by atoms with E-state index in [1.165, 1.54) is 6.26 Å². The summed E-state index contributed by atoms with van der Waals surface area (Å²) in [6, 6.07) is 5.51. The molecule has 1 fully saturated rings. The molecule has 0 radical (unpaired) electrons. The Kier molecular flexibility index (Phi) is 3.90. The molecular formula is C12H16BrNO2S. The predicted molar refractivity (Wildman–Crippen MR) is 72.1 cm³/mol. The maximum atomic E-state index is 11.6. The van der Waals surface area contributed by atoms with Gasteiger partial charge in [-0.25, -0.2) is 8.42 Å². The third kappa shape index (κ3) is 3.30. The first kappa shape index (κ1) is 13.1. The van der Waals surface area contributed by atoms with Crippen LogP contribution in [-0.2, 0) is 9.84 Å². The first-order chi connectivity index (χ1) is 7.97. The summed E-state index contributed by atoms with van der Waals surface area (Å²) in [5.41, 5.74) is 1.13. The maximum absolute atomic E-state index is 11.6. The van der Waals surface area contributed by atoms with Crippen LogP contribution in [0.5, 0.6) is 0 Å². The van der Waals surface area contributed by atoms with Crippen LogP contribution in [-0.4, -0.2) is 27.8 Å². The van der Waals surface area contributed by atoms with Crippen molar-refractivity contribution in [1.29, 1.82) is 0 Å². The first-order valence-electron chi connectivity index (χ1n) is 5.68. The van der Waals surface area contributed by atoms with Crippen molar-refractivity contribution < 1.29 is 8.42 Å². The number of benzene rings is 1. The van der Waals surface area contributed by atoms with Gasteiger partial charge in [-0.15, -0.1) is 0 Å². The number of halogens is 1. The zero-order valence-corrected chi connectivity index (χ0v) is 12.1. The van der Waals surface area contributed by atoms with Crippen molar-refractivity contribution in [3.8, 4) is 0 Å². The highest BCUT2D eigenvalue weighted by Gasteiger charge is 2.18. The first-order valence-corrected chi connectivity index (χ1v) is 8.36. The van der Waals surface area contributed by atoms with Crippen LogP contribution in [0.4, 0.5) is 0 Å². The van der Waals surface area contributed by atoms with E-state index in [1.54, 1.807) is 6.07 Å². The van der Waals surface area contributed by atoms with Crippen LogP contribution >= 0.6 is 15.9 Å². The number of nitrogens with one attached hydrogen (secondary N) is 1. The van der Waals surface area contributed by atoms with Gasteiger partial charge in [-0.05, 0) is 55.6 Å². The lowest BCUT2D eigenvalue weighted by molar-refractivity contribution is 0.460. The fraction of sp³-hybridized carbons (Fsp3) is 0.500. The normalized spacial score (nSPS) is 18.2. The van der Waals surface area contributed by atoms with Crippen molar-refractivity contribution in [3.63, 3.8) is 0 Å². The summed E-state index contributed by atoms with van der Waals surface area (Å²) in [6.07, 6.45) is 3.39. The summed E-state index contributed by atoms with van der Waals surface area (Å²) < 4.78 is 24.0. The van der Waals surface area contributed by atoms with E-state index in [4.69, 9.17) is 0 Å². The van der Waals surface area contributed by atoms with Crippen LogP contribution in [0.25, 0.3) is 0 Å². The van der Waals surface area contributed by atoms with E-state index in [0.29, 0.717) is 10.8 Å². The molecule has 1 aromatic rings. The van der Waals surface area contributed by atoms with Crippen molar-refractivity contribution in [2.45, 2.75) is 23.7 Å². The molecule has 1 aliphatic heterocycles. The Labute approximate surface area is 111 Å². The molecule has 0 spiro atoms. The lowest BCUT2D eigenvalue weighted by Gasteiger charge is -2.23. The smallest absolute Gasteiger partial charge is 0.175 e. The molecule has 0 amide bonds. The Morgan fingerprint density at radius 3 is 2.47 bits per heavy atom. The summed E-state index contributed by atoms with van der Waals surface area (Å²) in [7, 11) is -3.13. The zero-order chi connectivity index (χ0) is 12.5. The van der Waals surface area contributed by atoms with Gasteiger partial charge in [-0.1, -0.05) is 15.9 Å². The summed E-state index contributed by atoms with van der Waals surface area (Å²) in [4.78, 5) is 0.403. The van der Waals surface area contributed by atoms with Crippen LogP contribution < -0.4 is 5.32 Å². The minimum Gasteiger partial charge on any atom is -0.317 e. The van der Waals surface area contributed by atoms with Crippen LogP contribution in [0.2, 0.25) is 0 Å². The molecule has 2 rings (SSSR count). The quantitative estimate of drug-likeness (QED) is 0.910. The Morgan fingerprint density at radius 2 is 1.88 bits per heavy atom. The standard InChI is InChI=1S/C12H16BrNO2S/c1-17(15,16)12-7-10(6-11(13)8-12)9-2-4-14-5-3-9/h6-9,14H,2-5H2,1H3. The molecule has 0 bridgehead atoms. The summed E-state index contributed by atoms with van der Waals surface area (Å²) in [5, 5.41) is 3.31. The third-order valence-electron chi connectivity index (χ3n) is 3.13. The van der Waals surface area contributed by atoms with Crippen LogP contribution in [0.3, 0.4) is 0 Å². The van der Waals surface area contributed by atoms with E-state index in [2.05, 4.69) is 21.2 Å². The average Bonchev–Trinajstić information content (AvgIpc) is 2.28. The molecule has 0 unspecified atom stereocenters. The van der Waals surface area contributed by atoms with Crippen molar-refractivity contribution in [2.75, 3.05) is 19.3 Å². The molecule has 1 aliphatic rings. The van der Waals surface area contributed by atoms with E-state index in [0.717, 1.165) is 36.0 Å². The maximum Gasteiger partial charge on any atom is 0.175 e. The van der Waals surface area contributed by atoms with Gasteiger partial charge in [0.2, 0.25) is 0 Å². The van der Waals surface area contributed by atoms with E-state index < -0.39 is 9.84 Å². The van der Waals surface area contributed by atoms with Crippen LogP contribution in [0.1, 0.15) is 24.3 Å². The Balaban J connectivity index is 2.37. The second kappa shape index (κ2) is 5.08. The molecule has 1 aromatic carbocycles. The van der Waals surface area contributed by atoms with Crippen molar-refractivity contribution in [1.82, 2.24) is 5.32 Å². The van der Waals surface area contributed by atoms with Gasteiger partial charge in [-0.2, -0.15) is 0 Å². The molecule has 0 atom stereocenters. The SMILES string of the molecule is CS(=O)(=O)c1cc(Br)cc(C2CCNCC2)c1. The summed E-state index contributed by atoms with van der Waals surface area (Å²) >= 11 is 3.39. The van der Waals surface area contributed by atoms with Gasteiger partial charge in [0.1, 0.15) is 0 Å². The average molecular weight is 318 g/mol. The monoisotopic (exact) mass is 317 g/mol. The number of rotatable bonds is 2. The molecule has 94 valence electrons. The van der Waals surface area contributed by atoms with Gasteiger partial charge in [0.15, 0.2) is 9.84 Å². The van der Waals surface area contributed by atoms with Crippen molar-refractivity contribution in [3.05, 3.63) is 28.2 Å². The van der Waals surface area contributed by atoms with E-state index in [1.807, 2.05) is 12.1 Å². The molecule has 17 heavy (non-hydrogen) atoms. The number of piperidine rings is 1. The van der Waals surface area contributed by atoms with E-state index >= 15 is 0 Å². The number of hydrogen-bond acceptors (Lipinski definition) is 3. The lowest BCUT2D eigenvalue weighted by atomic mass is 9.90. The molecule has 5 heteroatoms. The molecule has 1 N–H and O–H groups in total. The molecular weight excluding hydrogens is 302 g/mol. The second-order valence-electron chi connectivity index (χ2n) is 4.52. The van der Waals surface area contributed by atoms with Gasteiger partial charge in [-0.3, -0.25) is 0 Å². The Morgan fingerprint density at radius 1 is 1.24 bits per heavy atom. The lowest BCUT2D eigenvalue weighted by Crippen LogP contribution is -2.26. The zero-order valence-electron chi connectivity index (χ0n) is 9.74. The Bertz CT molecular complexity index is 507. The Hall–Kier alpha value is -0.390. The van der Waals surface area contributed by atoms with Gasteiger partial charge in [0.25, 0.3) is 0 Å². The fourth-order valence-electron chi connectivity index (χ4n) is 2.19. The van der Waals surface area contributed by atoms with E-state index in [9.17, 15) is 8.42 Å². The van der Waals surface area contributed by atoms with Crippen LogP contribution in [0.15, 0.2) is 27.6 Å². The highest BCUT2D eigenvalue weighted by Crippen LogP contribution is 2.29. The largest absolute Gasteiger partial charge is 0.317 e. The number of hydrogen-bond donors (Lipinski definition) is 1. The molecule has 0 aliphatic carbocycles. The van der Waals surface area contributed by atoms with Crippen molar-refractivity contribution in [2.24, 2.45) is 0 Å². The van der Waals surface area contributed by atoms with Gasteiger partial charge < -0.3 is 5.32 Å². The molecule has 0 aromatic heterocycles. The fourth-order valence-corrected chi connectivity index (χ4v) is 3.54. The predicted octanol–water partition coefficient (Wildman–Crippen LogP) is 2.32. The highest BCUT2D eigenvalue weighted by molar-refractivity contribution is 9.10. The molecule has 1 saturated heterocycles. The summed E-state index contributed by atoms with van der Waals surface area (Å²) in [5.74, 6) is 0.467. The van der Waals surface area contributed by atoms with Crippen LogP contribution in [0, 0.1) is 0 Å². The minimum atomic E-state index is -3.13. The van der Waals surface area contributed by atoms with Gasteiger partial charge in [0.05, 0.1) is 4.90 Å². The highest BCUT2D eigenvalue weighted by atomic mass is 79.9. The summed E-state index contributed by atoms with van der Waals surface area (Å²) in [6.45, 7) is 2.01. The van der Waals surface area contributed by atoms with Crippen molar-refractivity contribution >= 4 is 25.8 Å². The van der Waals surface area contributed by atoms with E-state index in [-0.39, 0.29) is 0 Å². The topological polar surface area (TPSA) is 46.2 Å². The molecule has 1 heterocycles. The van der Waals surface area contributed by atoms with Gasteiger partial charge >= 0.3 is 0 Å². The second-order valence-corrected chi connectivity index (χ2v) is 7.45. The third-order valence-corrected chi connectivity index (χ3v) is 4.68. The van der Waals surface area contributed by atoms with Gasteiger partial charge in [0, 0.05) is 10.7 Å². The number of sulfone groups is 1. The minimum absolute atomic E-state index is 0.403. The molecule has 0 saturated carbocycles. The molecule has 3 nitrogen and oxygen atoms in total.